The highest BCUT2D eigenvalue weighted by Crippen LogP contribution is 2.24. The van der Waals surface area contributed by atoms with E-state index in [1.165, 1.54) is 18.5 Å². The Labute approximate surface area is 158 Å². The second-order valence-electron chi connectivity index (χ2n) is 6.81. The van der Waals surface area contributed by atoms with Gasteiger partial charge >= 0.3 is 0 Å². The molecule has 0 aliphatic carbocycles. The molecular formula is C20H24N4O3. The van der Waals surface area contributed by atoms with Gasteiger partial charge in [-0.1, -0.05) is 6.07 Å². The highest BCUT2D eigenvalue weighted by atomic mass is 16.3. The zero-order chi connectivity index (χ0) is 19.1. The van der Waals surface area contributed by atoms with Gasteiger partial charge in [-0.2, -0.15) is 0 Å². The molecular weight excluding hydrogens is 344 g/mol. The van der Waals surface area contributed by atoms with Crippen LogP contribution in [0.15, 0.2) is 43.0 Å². The molecule has 1 aliphatic rings. The molecule has 0 unspecified atom stereocenters. The molecule has 7 heteroatoms. The van der Waals surface area contributed by atoms with Crippen molar-refractivity contribution in [2.45, 2.75) is 32.2 Å². The molecule has 0 radical (unpaired) electrons. The van der Waals surface area contributed by atoms with Gasteiger partial charge in [0.25, 0.3) is 5.91 Å². The van der Waals surface area contributed by atoms with E-state index in [1.807, 2.05) is 12.1 Å². The molecule has 27 heavy (non-hydrogen) atoms. The third-order valence-electron chi connectivity index (χ3n) is 4.92. The first-order valence-corrected chi connectivity index (χ1v) is 9.21. The van der Waals surface area contributed by atoms with Crippen molar-refractivity contribution >= 4 is 11.8 Å². The van der Waals surface area contributed by atoms with Crippen LogP contribution in [0.2, 0.25) is 0 Å². The molecule has 2 aromatic rings. The van der Waals surface area contributed by atoms with Crippen molar-refractivity contribution < 1.29 is 14.7 Å². The van der Waals surface area contributed by atoms with E-state index in [9.17, 15) is 14.7 Å². The maximum Gasteiger partial charge on any atom is 0.257 e. The number of hydrogen-bond donors (Lipinski definition) is 2. The van der Waals surface area contributed by atoms with E-state index in [0.717, 1.165) is 24.8 Å². The molecule has 142 valence electrons. The maximum absolute atomic E-state index is 12.5. The molecule has 1 fully saturated rings. The largest absolute Gasteiger partial charge is 0.505 e. The summed E-state index contributed by atoms with van der Waals surface area (Å²) in [6.45, 7) is 1.78. The lowest BCUT2D eigenvalue weighted by atomic mass is 9.91. The van der Waals surface area contributed by atoms with E-state index in [-0.39, 0.29) is 17.6 Å². The van der Waals surface area contributed by atoms with Crippen molar-refractivity contribution in [2.24, 2.45) is 5.92 Å². The number of aromatic nitrogens is 2. The summed E-state index contributed by atoms with van der Waals surface area (Å²) in [5, 5.41) is 12.7. The highest BCUT2D eigenvalue weighted by molar-refractivity contribution is 5.96. The van der Waals surface area contributed by atoms with Gasteiger partial charge in [-0.15, -0.1) is 0 Å². The van der Waals surface area contributed by atoms with Crippen molar-refractivity contribution in [3.05, 3.63) is 54.1 Å². The molecule has 0 aromatic carbocycles. The Morgan fingerprint density at radius 3 is 2.63 bits per heavy atom. The molecule has 0 spiro atoms. The van der Waals surface area contributed by atoms with Gasteiger partial charge in [0.2, 0.25) is 5.91 Å². The average molecular weight is 368 g/mol. The summed E-state index contributed by atoms with van der Waals surface area (Å²) in [6.07, 6.45) is 9.28. The van der Waals surface area contributed by atoms with Gasteiger partial charge in [-0.05, 0) is 42.9 Å². The summed E-state index contributed by atoms with van der Waals surface area (Å²) in [5.74, 6) is 0.223. The number of pyridine rings is 2. The molecule has 7 nitrogen and oxygen atoms in total. The van der Waals surface area contributed by atoms with Crippen LogP contribution in [0, 0.1) is 5.92 Å². The molecule has 0 saturated carbocycles. The first kappa shape index (κ1) is 18.8. The molecule has 0 atom stereocenters. The second-order valence-corrected chi connectivity index (χ2v) is 6.81. The van der Waals surface area contributed by atoms with Crippen LogP contribution in [0.25, 0.3) is 0 Å². The third-order valence-corrected chi connectivity index (χ3v) is 4.92. The molecule has 2 amide bonds. The van der Waals surface area contributed by atoms with Gasteiger partial charge in [0, 0.05) is 44.6 Å². The fourth-order valence-corrected chi connectivity index (χ4v) is 3.29. The number of aromatic hydroxyl groups is 1. The van der Waals surface area contributed by atoms with E-state index in [0.29, 0.717) is 37.5 Å². The standard InChI is InChI=1S/C20H24N4O3/c25-18-14-22-9-5-17(18)20(27)24-10-6-15(7-11-24)3-4-19(26)23-13-16-2-1-8-21-12-16/h1-2,5,8-9,12,14-15,25H,3-4,6-7,10-11,13H2,(H,23,26). The Kier molecular flexibility index (Phi) is 6.35. The summed E-state index contributed by atoms with van der Waals surface area (Å²) in [6, 6.07) is 5.32. The average Bonchev–Trinajstić information content (AvgIpc) is 2.72. The zero-order valence-corrected chi connectivity index (χ0v) is 15.2. The van der Waals surface area contributed by atoms with E-state index in [1.54, 1.807) is 17.3 Å². The minimum absolute atomic E-state index is 0.0408. The van der Waals surface area contributed by atoms with Crippen LogP contribution in [-0.2, 0) is 11.3 Å². The van der Waals surface area contributed by atoms with Crippen LogP contribution in [0.3, 0.4) is 0 Å². The zero-order valence-electron chi connectivity index (χ0n) is 15.2. The normalized spacial score (nSPS) is 14.7. The van der Waals surface area contributed by atoms with Crippen LogP contribution in [-0.4, -0.2) is 44.9 Å². The van der Waals surface area contributed by atoms with E-state index >= 15 is 0 Å². The molecule has 1 saturated heterocycles. The Morgan fingerprint density at radius 1 is 1.15 bits per heavy atom. The lowest BCUT2D eigenvalue weighted by Gasteiger charge is -2.32. The minimum Gasteiger partial charge on any atom is -0.505 e. The van der Waals surface area contributed by atoms with Crippen molar-refractivity contribution in [1.82, 2.24) is 20.2 Å². The monoisotopic (exact) mass is 368 g/mol. The van der Waals surface area contributed by atoms with E-state index in [4.69, 9.17) is 0 Å². The Morgan fingerprint density at radius 2 is 1.93 bits per heavy atom. The quantitative estimate of drug-likeness (QED) is 0.814. The molecule has 1 aliphatic heterocycles. The lowest BCUT2D eigenvalue weighted by Crippen LogP contribution is -2.38. The number of carbonyl (C=O) groups is 2. The van der Waals surface area contributed by atoms with E-state index in [2.05, 4.69) is 15.3 Å². The SMILES string of the molecule is O=C(CCC1CCN(C(=O)c2ccncc2O)CC1)NCc1cccnc1. The minimum atomic E-state index is -0.164. The van der Waals surface area contributed by atoms with E-state index < -0.39 is 0 Å². The fraction of sp³-hybridized carbons (Fsp3) is 0.400. The van der Waals surface area contributed by atoms with Crippen molar-refractivity contribution in [3.8, 4) is 5.75 Å². The third kappa shape index (κ3) is 5.26. The van der Waals surface area contributed by atoms with Gasteiger partial charge in [0.05, 0.1) is 11.8 Å². The summed E-state index contributed by atoms with van der Waals surface area (Å²) in [7, 11) is 0. The van der Waals surface area contributed by atoms with Gasteiger partial charge in [-0.3, -0.25) is 19.6 Å². The number of piperidine rings is 1. The summed E-state index contributed by atoms with van der Waals surface area (Å²) in [4.78, 5) is 34.1. The van der Waals surface area contributed by atoms with Gasteiger partial charge in [-0.25, -0.2) is 0 Å². The summed E-state index contributed by atoms with van der Waals surface area (Å²) >= 11 is 0. The number of hydrogen-bond acceptors (Lipinski definition) is 5. The molecule has 3 rings (SSSR count). The van der Waals surface area contributed by atoms with Crippen molar-refractivity contribution in [3.63, 3.8) is 0 Å². The predicted molar refractivity (Wildman–Crippen MR) is 99.8 cm³/mol. The summed E-state index contributed by atoms with van der Waals surface area (Å²) in [5.41, 5.74) is 1.27. The van der Waals surface area contributed by atoms with Crippen molar-refractivity contribution in [1.29, 1.82) is 0 Å². The van der Waals surface area contributed by atoms with Crippen LogP contribution in [0.1, 0.15) is 41.6 Å². The molecule has 0 bridgehead atoms. The lowest BCUT2D eigenvalue weighted by molar-refractivity contribution is -0.121. The van der Waals surface area contributed by atoms with Crippen LogP contribution < -0.4 is 5.32 Å². The second kappa shape index (κ2) is 9.12. The smallest absolute Gasteiger partial charge is 0.257 e. The first-order chi connectivity index (χ1) is 13.1. The number of amides is 2. The Hall–Kier alpha value is -2.96. The Balaban J connectivity index is 1.39. The molecule has 2 aromatic heterocycles. The number of nitrogens with zero attached hydrogens (tertiary/aromatic N) is 3. The van der Waals surface area contributed by atoms with Gasteiger partial charge in [0.1, 0.15) is 5.75 Å². The maximum atomic E-state index is 12.5. The van der Waals surface area contributed by atoms with Crippen molar-refractivity contribution in [2.75, 3.05) is 13.1 Å². The molecule has 3 heterocycles. The number of nitrogens with one attached hydrogen (secondary N) is 1. The van der Waals surface area contributed by atoms with Crippen LogP contribution >= 0.6 is 0 Å². The van der Waals surface area contributed by atoms with Crippen LogP contribution in [0.4, 0.5) is 0 Å². The topological polar surface area (TPSA) is 95.4 Å². The van der Waals surface area contributed by atoms with Crippen LogP contribution in [0.5, 0.6) is 5.75 Å². The summed E-state index contributed by atoms with van der Waals surface area (Å²) < 4.78 is 0. The molecule has 2 N–H and O–H groups in total. The Bertz CT molecular complexity index is 774. The number of rotatable bonds is 6. The first-order valence-electron chi connectivity index (χ1n) is 9.21. The fourth-order valence-electron chi connectivity index (χ4n) is 3.29. The van der Waals surface area contributed by atoms with Gasteiger partial charge in [0.15, 0.2) is 0 Å². The number of carbonyl (C=O) groups excluding carboxylic acids is 2. The highest BCUT2D eigenvalue weighted by Gasteiger charge is 2.25. The predicted octanol–water partition coefficient (Wildman–Crippen LogP) is 2.13. The van der Waals surface area contributed by atoms with Gasteiger partial charge < -0.3 is 15.3 Å². The number of likely N-dealkylation sites (tertiary alicyclic amines) is 1.